The molecule has 0 bridgehead atoms. The van der Waals surface area contributed by atoms with Crippen molar-refractivity contribution >= 4 is 17.7 Å². The summed E-state index contributed by atoms with van der Waals surface area (Å²) in [5.41, 5.74) is 2.11. The average molecular weight is 290 g/mol. The highest BCUT2D eigenvalue weighted by atomic mass is 16.4. The lowest BCUT2D eigenvalue weighted by Gasteiger charge is -2.36. The Labute approximate surface area is 122 Å². The number of hydrogen-bond donors (Lipinski definition) is 2. The average Bonchev–Trinajstić information content (AvgIpc) is 2.48. The van der Waals surface area contributed by atoms with E-state index in [1.54, 1.807) is 0 Å². The lowest BCUT2D eigenvalue weighted by atomic mass is 9.95. The Morgan fingerprint density at radius 1 is 1.38 bits per heavy atom. The fraction of sp³-hybridized carbons (Fsp3) is 0.571. The van der Waals surface area contributed by atoms with Gasteiger partial charge in [-0.25, -0.2) is 9.97 Å². The van der Waals surface area contributed by atoms with Gasteiger partial charge in [0.25, 0.3) is 0 Å². The molecule has 1 atom stereocenters. The van der Waals surface area contributed by atoms with E-state index < -0.39 is 12.0 Å². The van der Waals surface area contributed by atoms with E-state index in [1.807, 2.05) is 4.90 Å². The first kappa shape index (κ1) is 13.8. The summed E-state index contributed by atoms with van der Waals surface area (Å²) in [6.45, 7) is 1.08. The molecule has 0 spiro atoms. The van der Waals surface area contributed by atoms with Crippen LogP contribution >= 0.6 is 0 Å². The van der Waals surface area contributed by atoms with Crippen molar-refractivity contribution in [3.05, 3.63) is 17.6 Å². The number of anilines is 1. The van der Waals surface area contributed by atoms with Crippen molar-refractivity contribution in [2.24, 2.45) is 0 Å². The quantitative estimate of drug-likeness (QED) is 0.822. The van der Waals surface area contributed by atoms with Gasteiger partial charge in [-0.3, -0.25) is 9.59 Å². The fourth-order valence-electron chi connectivity index (χ4n) is 3.09. The van der Waals surface area contributed by atoms with Gasteiger partial charge in [0.15, 0.2) is 0 Å². The summed E-state index contributed by atoms with van der Waals surface area (Å²) >= 11 is 0. The molecule has 112 valence electrons. The van der Waals surface area contributed by atoms with E-state index in [2.05, 4.69) is 15.3 Å². The molecule has 1 aliphatic carbocycles. The first-order chi connectivity index (χ1) is 10.2. The number of carbonyl (C=O) groups excluding carboxylic acids is 1. The van der Waals surface area contributed by atoms with Gasteiger partial charge in [-0.15, -0.1) is 0 Å². The van der Waals surface area contributed by atoms with Crippen LogP contribution in [0.5, 0.6) is 0 Å². The van der Waals surface area contributed by atoms with Crippen molar-refractivity contribution in [3.63, 3.8) is 0 Å². The van der Waals surface area contributed by atoms with Crippen LogP contribution in [0.25, 0.3) is 0 Å². The maximum atomic E-state index is 12.0. The highest BCUT2D eigenvalue weighted by molar-refractivity contribution is 5.90. The molecule has 0 saturated carbocycles. The van der Waals surface area contributed by atoms with Crippen molar-refractivity contribution in [1.82, 2.24) is 15.3 Å². The maximum absolute atomic E-state index is 12.0. The van der Waals surface area contributed by atoms with Crippen molar-refractivity contribution in [2.45, 2.75) is 38.1 Å². The van der Waals surface area contributed by atoms with Crippen LogP contribution in [0, 0.1) is 0 Å². The molecule has 2 N–H and O–H groups in total. The van der Waals surface area contributed by atoms with Crippen LogP contribution in [0.1, 0.15) is 30.5 Å². The molecule has 1 aromatic heterocycles. The second kappa shape index (κ2) is 5.67. The van der Waals surface area contributed by atoms with E-state index in [0.717, 1.165) is 42.8 Å². The maximum Gasteiger partial charge on any atom is 0.305 e. The second-order valence-corrected chi connectivity index (χ2v) is 5.43. The SMILES string of the molecule is O=C(O)CC1C(=O)NCCN1c1ncnc2c1CCCC2. The molecule has 1 saturated heterocycles. The minimum absolute atomic E-state index is 0.218. The minimum atomic E-state index is -0.982. The zero-order chi connectivity index (χ0) is 14.8. The summed E-state index contributed by atoms with van der Waals surface area (Å²) in [4.78, 5) is 33.6. The number of piperazine rings is 1. The normalized spacial score (nSPS) is 21.6. The molecule has 2 heterocycles. The number of nitrogens with zero attached hydrogens (tertiary/aromatic N) is 3. The van der Waals surface area contributed by atoms with Gasteiger partial charge in [-0.1, -0.05) is 0 Å². The Morgan fingerprint density at radius 2 is 2.19 bits per heavy atom. The molecule has 21 heavy (non-hydrogen) atoms. The van der Waals surface area contributed by atoms with Crippen LogP contribution in [0.15, 0.2) is 6.33 Å². The zero-order valence-corrected chi connectivity index (χ0v) is 11.7. The van der Waals surface area contributed by atoms with E-state index in [1.165, 1.54) is 6.33 Å². The Balaban J connectivity index is 1.97. The molecule has 0 aromatic carbocycles. The number of aryl methyl sites for hydroxylation is 1. The van der Waals surface area contributed by atoms with Gasteiger partial charge < -0.3 is 15.3 Å². The van der Waals surface area contributed by atoms with Crippen LogP contribution in [-0.2, 0) is 22.4 Å². The highest BCUT2D eigenvalue weighted by Crippen LogP contribution is 2.29. The van der Waals surface area contributed by atoms with Crippen molar-refractivity contribution in [1.29, 1.82) is 0 Å². The summed E-state index contributed by atoms with van der Waals surface area (Å²) < 4.78 is 0. The van der Waals surface area contributed by atoms with Crippen LogP contribution in [0.3, 0.4) is 0 Å². The van der Waals surface area contributed by atoms with Gasteiger partial charge in [-0.05, 0) is 25.7 Å². The fourth-order valence-corrected chi connectivity index (χ4v) is 3.09. The molecule has 1 aliphatic heterocycles. The predicted octanol–water partition coefficient (Wildman–Crippen LogP) is 0.135. The van der Waals surface area contributed by atoms with Crippen LogP contribution < -0.4 is 10.2 Å². The summed E-state index contributed by atoms with van der Waals surface area (Å²) in [6, 6.07) is -0.697. The molecular weight excluding hydrogens is 272 g/mol. The van der Waals surface area contributed by atoms with Gasteiger partial charge in [0.1, 0.15) is 18.2 Å². The Morgan fingerprint density at radius 3 is 3.00 bits per heavy atom. The van der Waals surface area contributed by atoms with Crippen LogP contribution in [0.2, 0.25) is 0 Å². The van der Waals surface area contributed by atoms with Crippen molar-refractivity contribution < 1.29 is 14.7 Å². The van der Waals surface area contributed by atoms with E-state index in [0.29, 0.717) is 13.1 Å². The zero-order valence-electron chi connectivity index (χ0n) is 11.7. The molecule has 1 unspecified atom stereocenters. The predicted molar refractivity (Wildman–Crippen MR) is 75.1 cm³/mol. The number of amides is 1. The number of fused-ring (bicyclic) bond motifs is 1. The van der Waals surface area contributed by atoms with Gasteiger partial charge in [0, 0.05) is 24.3 Å². The molecule has 1 aromatic rings. The van der Waals surface area contributed by atoms with Crippen LogP contribution in [-0.4, -0.2) is 46.1 Å². The first-order valence-corrected chi connectivity index (χ1v) is 7.25. The summed E-state index contributed by atoms with van der Waals surface area (Å²) in [5.74, 6) is -0.488. The molecule has 2 aliphatic rings. The monoisotopic (exact) mass is 290 g/mol. The van der Waals surface area contributed by atoms with Crippen molar-refractivity contribution in [3.8, 4) is 0 Å². The van der Waals surface area contributed by atoms with E-state index in [4.69, 9.17) is 5.11 Å². The van der Waals surface area contributed by atoms with Gasteiger partial charge in [0.05, 0.1) is 6.42 Å². The largest absolute Gasteiger partial charge is 0.481 e. The molecule has 1 amide bonds. The first-order valence-electron chi connectivity index (χ1n) is 7.25. The van der Waals surface area contributed by atoms with E-state index in [-0.39, 0.29) is 12.3 Å². The lowest BCUT2D eigenvalue weighted by molar-refractivity contribution is -0.139. The number of carbonyl (C=O) groups is 2. The molecule has 3 rings (SSSR count). The number of carboxylic acids is 1. The third-order valence-electron chi connectivity index (χ3n) is 4.07. The smallest absolute Gasteiger partial charge is 0.305 e. The van der Waals surface area contributed by atoms with Gasteiger partial charge in [-0.2, -0.15) is 0 Å². The summed E-state index contributed by atoms with van der Waals surface area (Å²) in [7, 11) is 0. The molecular formula is C14H18N4O3. The summed E-state index contributed by atoms with van der Waals surface area (Å²) in [5, 5.41) is 11.8. The highest BCUT2D eigenvalue weighted by Gasteiger charge is 2.34. The molecule has 1 fully saturated rings. The van der Waals surface area contributed by atoms with Crippen LogP contribution in [0.4, 0.5) is 5.82 Å². The standard InChI is InChI=1S/C14H18N4O3/c19-12(20)7-11-14(21)15-5-6-18(11)13-9-3-1-2-4-10(9)16-8-17-13/h8,11H,1-7H2,(H,15,21)(H,19,20). The van der Waals surface area contributed by atoms with Gasteiger partial charge >= 0.3 is 5.97 Å². The number of aromatic nitrogens is 2. The third kappa shape index (κ3) is 2.68. The number of nitrogens with one attached hydrogen (secondary N) is 1. The molecule has 7 heteroatoms. The number of hydrogen-bond acceptors (Lipinski definition) is 5. The topological polar surface area (TPSA) is 95.4 Å². The lowest BCUT2D eigenvalue weighted by Crippen LogP contribution is -2.56. The Hall–Kier alpha value is -2.18. The Kier molecular flexibility index (Phi) is 3.72. The number of rotatable bonds is 3. The van der Waals surface area contributed by atoms with E-state index >= 15 is 0 Å². The second-order valence-electron chi connectivity index (χ2n) is 5.43. The van der Waals surface area contributed by atoms with Crippen molar-refractivity contribution in [2.75, 3.05) is 18.0 Å². The van der Waals surface area contributed by atoms with Gasteiger partial charge in [0.2, 0.25) is 5.91 Å². The minimum Gasteiger partial charge on any atom is -0.481 e. The third-order valence-corrected chi connectivity index (χ3v) is 4.07. The number of carboxylic acid groups (broad SMARTS) is 1. The molecule has 0 radical (unpaired) electrons. The van der Waals surface area contributed by atoms with E-state index in [9.17, 15) is 9.59 Å². The number of aliphatic carboxylic acids is 1. The molecule has 7 nitrogen and oxygen atoms in total. The Bertz CT molecular complexity index is 575. The summed E-state index contributed by atoms with van der Waals surface area (Å²) in [6.07, 6.45) is 5.31.